The van der Waals surface area contributed by atoms with Gasteiger partial charge < -0.3 is 10.5 Å². The maximum absolute atomic E-state index is 6.37. The van der Waals surface area contributed by atoms with Gasteiger partial charge in [0.2, 0.25) is 0 Å². The van der Waals surface area contributed by atoms with Crippen LogP contribution < -0.4 is 5.73 Å². The van der Waals surface area contributed by atoms with Gasteiger partial charge >= 0.3 is 0 Å². The molecule has 0 radical (unpaired) electrons. The van der Waals surface area contributed by atoms with Gasteiger partial charge in [0.25, 0.3) is 0 Å². The first-order valence-corrected chi connectivity index (χ1v) is 6.60. The van der Waals surface area contributed by atoms with E-state index in [1.807, 2.05) is 0 Å². The van der Waals surface area contributed by atoms with Crippen LogP contribution in [0.3, 0.4) is 0 Å². The van der Waals surface area contributed by atoms with Gasteiger partial charge in [-0.05, 0) is 35.7 Å². The van der Waals surface area contributed by atoms with Crippen molar-refractivity contribution in [1.82, 2.24) is 0 Å². The number of nitrogens with two attached hydrogens (primary N) is 1. The third-order valence-corrected chi connectivity index (χ3v) is 3.90. The second-order valence-corrected chi connectivity index (χ2v) is 5.27. The topological polar surface area (TPSA) is 35.2 Å². The Bertz CT molecular complexity index is 552. The fourth-order valence-corrected chi connectivity index (χ4v) is 2.79. The van der Waals surface area contributed by atoms with E-state index >= 15 is 0 Å². The lowest BCUT2D eigenvalue weighted by Crippen LogP contribution is -2.21. The molecule has 2 aromatic rings. The Balaban J connectivity index is 1.89. The van der Waals surface area contributed by atoms with Crippen molar-refractivity contribution < 1.29 is 4.74 Å². The van der Waals surface area contributed by atoms with E-state index in [4.69, 9.17) is 10.5 Å². The van der Waals surface area contributed by atoms with E-state index in [2.05, 4.69) is 49.4 Å². The van der Waals surface area contributed by atoms with Crippen molar-refractivity contribution in [3.63, 3.8) is 0 Å². The van der Waals surface area contributed by atoms with Gasteiger partial charge in [-0.3, -0.25) is 0 Å². The number of hydrogen-bond donors (Lipinski definition) is 1. The molecule has 2 aromatic carbocycles. The average Bonchev–Trinajstić information content (AvgIpc) is 2.84. The normalized spacial score (nSPS) is 25.4. The van der Waals surface area contributed by atoms with Gasteiger partial charge in [-0.1, -0.05) is 36.4 Å². The molecular formula is C16H19NO. The largest absolute Gasteiger partial charge is 0.378 e. The molecule has 2 nitrogen and oxygen atoms in total. The van der Waals surface area contributed by atoms with Crippen molar-refractivity contribution in [2.24, 2.45) is 11.7 Å². The molecule has 0 aromatic heterocycles. The molecule has 0 aliphatic carbocycles. The van der Waals surface area contributed by atoms with Crippen molar-refractivity contribution in [1.29, 1.82) is 0 Å². The maximum atomic E-state index is 6.37. The molecule has 18 heavy (non-hydrogen) atoms. The number of ether oxygens (including phenoxy) is 1. The molecule has 0 amide bonds. The fraction of sp³-hybridized carbons (Fsp3) is 0.375. The number of hydrogen-bond acceptors (Lipinski definition) is 2. The molecule has 3 unspecified atom stereocenters. The Kier molecular flexibility index (Phi) is 3.06. The van der Waals surface area contributed by atoms with Crippen LogP contribution in [-0.4, -0.2) is 12.7 Å². The molecule has 1 heterocycles. The Morgan fingerprint density at radius 3 is 2.67 bits per heavy atom. The number of fused-ring (bicyclic) bond motifs is 1. The molecule has 0 spiro atoms. The van der Waals surface area contributed by atoms with E-state index in [-0.39, 0.29) is 6.04 Å². The number of benzene rings is 2. The summed E-state index contributed by atoms with van der Waals surface area (Å²) in [5.74, 6) is 0.446. The van der Waals surface area contributed by atoms with Gasteiger partial charge in [-0.25, -0.2) is 0 Å². The molecule has 94 valence electrons. The van der Waals surface area contributed by atoms with E-state index in [0.717, 1.165) is 13.0 Å². The summed E-state index contributed by atoms with van der Waals surface area (Å²) in [5, 5.41) is 2.53. The molecular weight excluding hydrogens is 222 g/mol. The third kappa shape index (κ3) is 2.14. The lowest BCUT2D eigenvalue weighted by molar-refractivity contribution is 0.118. The second-order valence-electron chi connectivity index (χ2n) is 5.27. The van der Waals surface area contributed by atoms with Gasteiger partial charge in [-0.15, -0.1) is 0 Å². The van der Waals surface area contributed by atoms with Crippen LogP contribution >= 0.6 is 0 Å². The maximum Gasteiger partial charge on any atom is 0.0551 e. The van der Waals surface area contributed by atoms with Crippen molar-refractivity contribution in [3.8, 4) is 0 Å². The van der Waals surface area contributed by atoms with Crippen LogP contribution in [0.4, 0.5) is 0 Å². The van der Waals surface area contributed by atoms with Crippen molar-refractivity contribution in [3.05, 3.63) is 48.0 Å². The monoisotopic (exact) mass is 241 g/mol. The second kappa shape index (κ2) is 4.71. The zero-order valence-corrected chi connectivity index (χ0v) is 10.7. The van der Waals surface area contributed by atoms with Crippen molar-refractivity contribution in [2.75, 3.05) is 6.61 Å². The van der Waals surface area contributed by atoms with Crippen LogP contribution in [0.1, 0.15) is 24.9 Å². The lowest BCUT2D eigenvalue weighted by Gasteiger charge is -2.18. The van der Waals surface area contributed by atoms with Gasteiger partial charge in [0, 0.05) is 12.0 Å². The molecule has 3 rings (SSSR count). The minimum Gasteiger partial charge on any atom is -0.378 e. The summed E-state index contributed by atoms with van der Waals surface area (Å²) in [6.07, 6.45) is 1.41. The predicted molar refractivity (Wildman–Crippen MR) is 74.4 cm³/mol. The van der Waals surface area contributed by atoms with Crippen LogP contribution in [0.25, 0.3) is 10.8 Å². The smallest absolute Gasteiger partial charge is 0.0551 e. The van der Waals surface area contributed by atoms with Crippen LogP contribution in [0.15, 0.2) is 42.5 Å². The molecule has 2 N–H and O–H groups in total. The SMILES string of the molecule is CC1CC(C(N)c2ccc3ccccc3c2)CO1. The van der Waals surface area contributed by atoms with Crippen LogP contribution in [-0.2, 0) is 4.74 Å². The Morgan fingerprint density at radius 2 is 1.94 bits per heavy atom. The molecule has 3 atom stereocenters. The quantitative estimate of drug-likeness (QED) is 0.875. The standard InChI is InChI=1S/C16H19NO/c1-11-8-15(10-18-11)16(17)14-7-6-12-4-2-3-5-13(12)9-14/h2-7,9,11,15-16H,8,10,17H2,1H3. The Morgan fingerprint density at radius 1 is 1.17 bits per heavy atom. The number of rotatable bonds is 2. The van der Waals surface area contributed by atoms with Gasteiger partial charge in [0.05, 0.1) is 12.7 Å². The highest BCUT2D eigenvalue weighted by molar-refractivity contribution is 5.83. The minimum atomic E-state index is 0.0829. The first-order valence-electron chi connectivity index (χ1n) is 6.60. The molecule has 0 saturated carbocycles. The molecule has 1 aliphatic heterocycles. The van der Waals surface area contributed by atoms with Crippen LogP contribution in [0, 0.1) is 5.92 Å². The summed E-state index contributed by atoms with van der Waals surface area (Å²) in [4.78, 5) is 0. The fourth-order valence-electron chi connectivity index (χ4n) is 2.79. The highest BCUT2D eigenvalue weighted by Crippen LogP contribution is 2.31. The van der Waals surface area contributed by atoms with Crippen LogP contribution in [0.5, 0.6) is 0 Å². The highest BCUT2D eigenvalue weighted by Gasteiger charge is 2.28. The minimum absolute atomic E-state index is 0.0829. The van der Waals surface area contributed by atoms with Crippen molar-refractivity contribution in [2.45, 2.75) is 25.5 Å². The van der Waals surface area contributed by atoms with E-state index in [1.54, 1.807) is 0 Å². The molecule has 0 bridgehead atoms. The first kappa shape index (κ1) is 11.7. The van der Waals surface area contributed by atoms with Gasteiger partial charge in [-0.2, -0.15) is 0 Å². The van der Waals surface area contributed by atoms with E-state index in [9.17, 15) is 0 Å². The molecule has 2 heteroatoms. The van der Waals surface area contributed by atoms with Gasteiger partial charge in [0.1, 0.15) is 0 Å². The summed E-state index contributed by atoms with van der Waals surface area (Å²) >= 11 is 0. The highest BCUT2D eigenvalue weighted by atomic mass is 16.5. The van der Waals surface area contributed by atoms with E-state index in [0.29, 0.717) is 12.0 Å². The van der Waals surface area contributed by atoms with Gasteiger partial charge in [0.15, 0.2) is 0 Å². The summed E-state index contributed by atoms with van der Waals surface area (Å²) in [5.41, 5.74) is 7.59. The average molecular weight is 241 g/mol. The summed E-state index contributed by atoms with van der Waals surface area (Å²) in [7, 11) is 0. The first-order chi connectivity index (χ1) is 8.74. The molecule has 1 aliphatic rings. The summed E-state index contributed by atoms with van der Waals surface area (Å²) < 4.78 is 5.62. The van der Waals surface area contributed by atoms with Crippen molar-refractivity contribution >= 4 is 10.8 Å². The zero-order valence-electron chi connectivity index (χ0n) is 10.7. The lowest BCUT2D eigenvalue weighted by atomic mass is 9.91. The summed E-state index contributed by atoms with van der Waals surface area (Å²) in [6, 6.07) is 15.0. The Hall–Kier alpha value is -1.38. The predicted octanol–water partition coefficient (Wildman–Crippen LogP) is 3.26. The zero-order chi connectivity index (χ0) is 12.5. The van der Waals surface area contributed by atoms with E-state index < -0.39 is 0 Å². The van der Waals surface area contributed by atoms with Crippen LogP contribution in [0.2, 0.25) is 0 Å². The van der Waals surface area contributed by atoms with E-state index in [1.165, 1.54) is 16.3 Å². The third-order valence-electron chi connectivity index (χ3n) is 3.90. The molecule has 1 fully saturated rings. The molecule has 1 saturated heterocycles. The summed E-state index contributed by atoms with van der Waals surface area (Å²) in [6.45, 7) is 2.91. The Labute approximate surface area is 108 Å².